The third-order valence-electron chi connectivity index (χ3n) is 5.90. The molecule has 28 heavy (non-hydrogen) atoms. The van der Waals surface area contributed by atoms with Gasteiger partial charge in [0.2, 0.25) is 23.6 Å². The Labute approximate surface area is 164 Å². The zero-order chi connectivity index (χ0) is 20.5. The predicted octanol–water partition coefficient (Wildman–Crippen LogP) is -0.687. The zero-order valence-corrected chi connectivity index (χ0v) is 16.9. The molecule has 10 heteroatoms. The van der Waals surface area contributed by atoms with Crippen molar-refractivity contribution in [2.45, 2.75) is 45.1 Å². The van der Waals surface area contributed by atoms with Gasteiger partial charge in [0.05, 0.1) is 23.3 Å². The number of rotatable bonds is 5. The molecule has 9 nitrogen and oxygen atoms in total. The van der Waals surface area contributed by atoms with Gasteiger partial charge in [-0.1, -0.05) is 12.8 Å². The van der Waals surface area contributed by atoms with E-state index in [1.807, 2.05) is 0 Å². The van der Waals surface area contributed by atoms with Crippen LogP contribution in [0.4, 0.5) is 0 Å². The Bertz CT molecular complexity index is 742. The first-order valence-corrected chi connectivity index (χ1v) is 11.7. The van der Waals surface area contributed by atoms with Crippen molar-refractivity contribution >= 4 is 33.5 Å². The van der Waals surface area contributed by atoms with E-state index in [2.05, 4.69) is 5.32 Å². The Balaban J connectivity index is 1.47. The predicted molar refractivity (Wildman–Crippen MR) is 99.6 cm³/mol. The lowest BCUT2D eigenvalue weighted by atomic mass is 9.81. The van der Waals surface area contributed by atoms with Crippen LogP contribution < -0.4 is 5.32 Å². The van der Waals surface area contributed by atoms with Gasteiger partial charge in [-0.2, -0.15) is 0 Å². The van der Waals surface area contributed by atoms with Gasteiger partial charge in [-0.25, -0.2) is 8.42 Å². The maximum Gasteiger partial charge on any atom is 0.244 e. The highest BCUT2D eigenvalue weighted by molar-refractivity contribution is 7.91. The number of carbonyl (C=O) groups excluding carboxylic acids is 4. The number of nitrogens with one attached hydrogen (secondary N) is 1. The minimum atomic E-state index is -3.09. The molecule has 0 radical (unpaired) electrons. The Morgan fingerprint density at radius 2 is 1.61 bits per heavy atom. The van der Waals surface area contributed by atoms with Crippen LogP contribution in [0.3, 0.4) is 0 Å². The topological polar surface area (TPSA) is 121 Å². The molecule has 0 aromatic rings. The van der Waals surface area contributed by atoms with Crippen molar-refractivity contribution in [3.63, 3.8) is 0 Å². The highest BCUT2D eigenvalue weighted by Gasteiger charge is 2.47. The van der Waals surface area contributed by atoms with Crippen molar-refractivity contribution in [1.82, 2.24) is 15.1 Å². The van der Waals surface area contributed by atoms with E-state index >= 15 is 0 Å². The molecule has 4 amide bonds. The summed E-state index contributed by atoms with van der Waals surface area (Å²) in [6.07, 6.45) is 3.31. The number of imide groups is 1. The van der Waals surface area contributed by atoms with E-state index in [9.17, 15) is 27.6 Å². The number of amides is 4. The van der Waals surface area contributed by atoms with Crippen LogP contribution in [0, 0.1) is 11.8 Å². The van der Waals surface area contributed by atoms with Crippen LogP contribution in [0.1, 0.15) is 39.0 Å². The first-order chi connectivity index (χ1) is 13.2. The van der Waals surface area contributed by atoms with Gasteiger partial charge in [0.1, 0.15) is 6.04 Å². The molecule has 3 fully saturated rings. The number of hydrogen-bond donors (Lipinski definition) is 1. The zero-order valence-electron chi connectivity index (χ0n) is 16.1. The lowest BCUT2D eigenvalue weighted by molar-refractivity contribution is -0.141. The molecule has 3 rings (SSSR count). The van der Waals surface area contributed by atoms with Crippen molar-refractivity contribution in [2.75, 3.05) is 31.1 Å². The van der Waals surface area contributed by atoms with Crippen LogP contribution in [0.2, 0.25) is 0 Å². The van der Waals surface area contributed by atoms with E-state index in [-0.39, 0.29) is 67.1 Å². The number of carbonyl (C=O) groups is 4. The smallest absolute Gasteiger partial charge is 0.244 e. The van der Waals surface area contributed by atoms with E-state index in [4.69, 9.17) is 0 Å². The highest BCUT2D eigenvalue weighted by atomic mass is 32.2. The van der Waals surface area contributed by atoms with Crippen molar-refractivity contribution in [3.8, 4) is 0 Å². The van der Waals surface area contributed by atoms with E-state index in [1.165, 1.54) is 9.80 Å². The summed E-state index contributed by atoms with van der Waals surface area (Å²) in [5.41, 5.74) is 0. The summed E-state index contributed by atoms with van der Waals surface area (Å²) in [6, 6.07) is -0.791. The van der Waals surface area contributed by atoms with Crippen LogP contribution >= 0.6 is 0 Å². The number of fused-ring (bicyclic) bond motifs is 1. The molecule has 3 unspecified atom stereocenters. The summed E-state index contributed by atoms with van der Waals surface area (Å²) in [7, 11) is -3.09. The second kappa shape index (κ2) is 8.18. The van der Waals surface area contributed by atoms with Crippen molar-refractivity contribution in [3.05, 3.63) is 0 Å². The minimum absolute atomic E-state index is 0.0272. The fraction of sp³-hybridized carbons (Fsp3) is 0.778. The Hall–Kier alpha value is -1.97. The molecule has 0 aromatic heterocycles. The fourth-order valence-corrected chi connectivity index (χ4v) is 5.45. The maximum absolute atomic E-state index is 12.4. The molecule has 1 aliphatic carbocycles. The van der Waals surface area contributed by atoms with Crippen molar-refractivity contribution in [1.29, 1.82) is 0 Å². The molecule has 0 aromatic carbocycles. The maximum atomic E-state index is 12.4. The molecular weight excluding hydrogens is 386 g/mol. The first-order valence-electron chi connectivity index (χ1n) is 9.83. The van der Waals surface area contributed by atoms with Gasteiger partial charge in [0, 0.05) is 26.1 Å². The molecule has 156 valence electrons. The highest BCUT2D eigenvalue weighted by Crippen LogP contribution is 2.37. The third-order valence-corrected chi connectivity index (χ3v) is 7.51. The van der Waals surface area contributed by atoms with Gasteiger partial charge in [-0.15, -0.1) is 0 Å². The van der Waals surface area contributed by atoms with Crippen molar-refractivity contribution < 1.29 is 27.6 Å². The number of likely N-dealkylation sites (tertiary alicyclic amines) is 1. The van der Waals surface area contributed by atoms with Gasteiger partial charge in [-0.3, -0.25) is 24.1 Å². The summed E-state index contributed by atoms with van der Waals surface area (Å²) in [6.45, 7) is 1.82. The second-order valence-corrected chi connectivity index (χ2v) is 10.1. The average Bonchev–Trinajstić information content (AvgIpc) is 2.90. The standard InChI is InChI=1S/C18H27N3O6S/c1-12(16(23)20-8-10-28(26,27)11-9-20)19-15(22)6-7-21-17(24)13-4-2-3-5-14(13)18(21)25/h12-14H,2-11H2,1H3,(H,19,22). The molecule has 2 saturated heterocycles. The molecule has 0 spiro atoms. The Morgan fingerprint density at radius 1 is 1.07 bits per heavy atom. The second-order valence-electron chi connectivity index (χ2n) is 7.84. The Kier molecular flexibility index (Phi) is 6.07. The summed E-state index contributed by atoms with van der Waals surface area (Å²) in [5.74, 6) is -1.71. The summed E-state index contributed by atoms with van der Waals surface area (Å²) in [5, 5.41) is 2.59. The normalized spacial score (nSPS) is 28.0. The lowest BCUT2D eigenvalue weighted by Crippen LogP contribution is -2.52. The monoisotopic (exact) mass is 413 g/mol. The number of sulfone groups is 1. The van der Waals surface area contributed by atoms with Gasteiger partial charge in [0.15, 0.2) is 9.84 Å². The first kappa shape index (κ1) is 20.8. The summed E-state index contributed by atoms with van der Waals surface area (Å²) >= 11 is 0. The van der Waals surface area contributed by atoms with Crippen LogP contribution in [0.25, 0.3) is 0 Å². The molecule has 3 aliphatic rings. The average molecular weight is 413 g/mol. The van der Waals surface area contributed by atoms with Crippen LogP contribution in [0.15, 0.2) is 0 Å². The minimum Gasteiger partial charge on any atom is -0.345 e. The fourth-order valence-electron chi connectivity index (χ4n) is 4.25. The molecule has 0 bridgehead atoms. The third kappa shape index (κ3) is 4.37. The van der Waals surface area contributed by atoms with Crippen molar-refractivity contribution in [2.24, 2.45) is 11.8 Å². The molecule has 3 atom stereocenters. The van der Waals surface area contributed by atoms with Crippen LogP contribution in [0.5, 0.6) is 0 Å². The Morgan fingerprint density at radius 3 is 2.14 bits per heavy atom. The summed E-state index contributed by atoms with van der Waals surface area (Å²) < 4.78 is 22.9. The lowest BCUT2D eigenvalue weighted by Gasteiger charge is -2.29. The van der Waals surface area contributed by atoms with Gasteiger partial charge >= 0.3 is 0 Å². The van der Waals surface area contributed by atoms with E-state index < -0.39 is 21.8 Å². The molecular formula is C18H27N3O6S. The van der Waals surface area contributed by atoms with Gasteiger partial charge in [-0.05, 0) is 19.8 Å². The molecule has 2 heterocycles. The van der Waals surface area contributed by atoms with E-state index in [0.29, 0.717) is 0 Å². The van der Waals surface area contributed by atoms with Crippen LogP contribution in [-0.2, 0) is 29.0 Å². The molecule has 1 N–H and O–H groups in total. The quantitative estimate of drug-likeness (QED) is 0.596. The van der Waals surface area contributed by atoms with E-state index in [1.54, 1.807) is 6.92 Å². The number of nitrogens with zero attached hydrogens (tertiary/aromatic N) is 2. The molecule has 2 aliphatic heterocycles. The van der Waals surface area contributed by atoms with Crippen LogP contribution in [-0.4, -0.2) is 79.0 Å². The number of hydrogen-bond acceptors (Lipinski definition) is 6. The van der Waals surface area contributed by atoms with Gasteiger partial charge in [0.25, 0.3) is 0 Å². The largest absolute Gasteiger partial charge is 0.345 e. The SMILES string of the molecule is CC(NC(=O)CCN1C(=O)C2CCCCC2C1=O)C(=O)N1CCS(=O)(=O)CC1. The summed E-state index contributed by atoms with van der Waals surface area (Å²) in [4.78, 5) is 52.0. The van der Waals surface area contributed by atoms with Gasteiger partial charge < -0.3 is 10.2 Å². The van der Waals surface area contributed by atoms with E-state index in [0.717, 1.165) is 25.7 Å². The molecule has 1 saturated carbocycles.